The Morgan fingerprint density at radius 2 is 2.03 bits per heavy atom. The number of nitro benzene ring substituents is 1. The Kier molecular flexibility index (Phi) is 7.61. The number of hydrogen-bond acceptors (Lipinski definition) is 10. The molecule has 11 nitrogen and oxygen atoms in total. The molecule has 2 aromatic heterocycles. The van der Waals surface area contributed by atoms with Crippen LogP contribution in [0.25, 0.3) is 0 Å². The Bertz CT molecular complexity index is 1330. The number of anilines is 1. The highest BCUT2D eigenvalue weighted by molar-refractivity contribution is 8.00. The predicted molar refractivity (Wildman–Crippen MR) is 123 cm³/mol. The monoisotopic (exact) mass is 509 g/mol. The molecule has 174 valence electrons. The van der Waals surface area contributed by atoms with E-state index in [-0.39, 0.29) is 25.5 Å². The highest BCUT2D eigenvalue weighted by atomic mass is 32.2. The third-order valence-corrected chi connectivity index (χ3v) is 8.40. The molecule has 2 heterocycles. The Morgan fingerprint density at radius 3 is 2.67 bits per heavy atom. The summed E-state index contributed by atoms with van der Waals surface area (Å²) in [6, 6.07) is 5.91. The molecule has 0 aliphatic carbocycles. The van der Waals surface area contributed by atoms with Crippen LogP contribution in [0.4, 0.5) is 10.8 Å². The van der Waals surface area contributed by atoms with E-state index in [1.54, 1.807) is 6.92 Å². The summed E-state index contributed by atoms with van der Waals surface area (Å²) in [5, 5.41) is 13.1. The molecular weight excluding hydrogens is 490 g/mol. The maximum absolute atomic E-state index is 12.7. The van der Waals surface area contributed by atoms with Gasteiger partial charge in [-0.05, 0) is 25.5 Å². The fraction of sp³-hybridized carbons (Fsp3) is 0.263. The summed E-state index contributed by atoms with van der Waals surface area (Å²) in [4.78, 5) is 45.2. The van der Waals surface area contributed by atoms with E-state index >= 15 is 0 Å². The van der Waals surface area contributed by atoms with Crippen LogP contribution in [0.1, 0.15) is 26.0 Å². The number of carbonyl (C=O) groups is 1. The van der Waals surface area contributed by atoms with Crippen molar-refractivity contribution in [3.8, 4) is 0 Å². The number of carbonyl (C=O) groups excluding carboxylic acids is 1. The van der Waals surface area contributed by atoms with E-state index in [1.165, 1.54) is 6.07 Å². The average molecular weight is 510 g/mol. The van der Waals surface area contributed by atoms with Crippen molar-refractivity contribution in [2.24, 2.45) is 0 Å². The molecule has 0 aliphatic heterocycles. The SMILES string of the molecule is CCCc1cc(=O)[nH]c(SC(C)C(=O)Nc2ncc(S(=O)(=O)c3ccc([N+](=O)[O-])cc3)s2)n1. The number of thioether (sulfide) groups is 1. The quantitative estimate of drug-likeness (QED) is 0.191. The molecule has 0 bridgehead atoms. The second kappa shape index (κ2) is 10.2. The molecule has 1 unspecified atom stereocenters. The van der Waals surface area contributed by atoms with Gasteiger partial charge in [0.05, 0.1) is 21.3 Å². The number of nitrogens with zero attached hydrogens (tertiary/aromatic N) is 3. The minimum absolute atomic E-state index is 0.0779. The molecule has 33 heavy (non-hydrogen) atoms. The Hall–Kier alpha value is -3.10. The van der Waals surface area contributed by atoms with Crippen LogP contribution in [-0.2, 0) is 21.1 Å². The summed E-state index contributed by atoms with van der Waals surface area (Å²) in [7, 11) is -3.95. The fourth-order valence-corrected chi connectivity index (χ4v) is 5.92. The van der Waals surface area contributed by atoms with Crippen molar-refractivity contribution in [2.45, 2.75) is 46.2 Å². The number of sulfone groups is 1. The number of rotatable bonds is 9. The van der Waals surface area contributed by atoms with Gasteiger partial charge in [0.2, 0.25) is 15.7 Å². The Morgan fingerprint density at radius 1 is 1.33 bits per heavy atom. The first kappa shape index (κ1) is 24.5. The van der Waals surface area contributed by atoms with Crippen molar-refractivity contribution in [1.82, 2.24) is 15.0 Å². The van der Waals surface area contributed by atoms with Crippen LogP contribution in [0, 0.1) is 10.1 Å². The van der Waals surface area contributed by atoms with E-state index < -0.39 is 25.9 Å². The first-order valence-corrected chi connectivity index (χ1v) is 12.8. The van der Waals surface area contributed by atoms with Gasteiger partial charge in [0.15, 0.2) is 10.3 Å². The van der Waals surface area contributed by atoms with Gasteiger partial charge in [-0.1, -0.05) is 36.4 Å². The minimum atomic E-state index is -3.95. The molecule has 1 aromatic carbocycles. The lowest BCUT2D eigenvalue weighted by molar-refractivity contribution is -0.384. The predicted octanol–water partition coefficient (Wildman–Crippen LogP) is 3.04. The summed E-state index contributed by atoms with van der Waals surface area (Å²) in [6.45, 7) is 3.59. The molecular formula is C19H19N5O6S3. The van der Waals surface area contributed by atoms with Crippen molar-refractivity contribution in [2.75, 3.05) is 5.32 Å². The lowest BCUT2D eigenvalue weighted by atomic mass is 10.2. The number of benzene rings is 1. The molecule has 2 N–H and O–H groups in total. The second-order valence-corrected chi connectivity index (χ2v) is 11.3. The van der Waals surface area contributed by atoms with Crippen molar-refractivity contribution >= 4 is 49.7 Å². The van der Waals surface area contributed by atoms with E-state index in [1.807, 2.05) is 6.92 Å². The molecule has 14 heteroatoms. The highest BCUT2D eigenvalue weighted by Gasteiger charge is 2.24. The van der Waals surface area contributed by atoms with Crippen molar-refractivity contribution in [3.63, 3.8) is 0 Å². The van der Waals surface area contributed by atoms with Gasteiger partial charge in [-0.2, -0.15) is 0 Å². The highest BCUT2D eigenvalue weighted by Crippen LogP contribution is 2.30. The smallest absolute Gasteiger partial charge is 0.269 e. The van der Waals surface area contributed by atoms with Crippen LogP contribution in [0.5, 0.6) is 0 Å². The zero-order valence-electron chi connectivity index (χ0n) is 17.5. The van der Waals surface area contributed by atoms with Gasteiger partial charge in [-0.3, -0.25) is 19.7 Å². The molecule has 0 spiro atoms. The van der Waals surface area contributed by atoms with E-state index in [2.05, 4.69) is 20.3 Å². The summed E-state index contributed by atoms with van der Waals surface area (Å²) >= 11 is 1.82. The van der Waals surface area contributed by atoms with Gasteiger partial charge in [0.1, 0.15) is 4.21 Å². The van der Waals surface area contributed by atoms with Gasteiger partial charge < -0.3 is 10.3 Å². The molecule has 3 aromatic rings. The standard InChI is InChI=1S/C19H19N5O6S3/c1-3-4-12-9-15(25)22-19(21-12)31-11(2)17(26)23-18-20-10-16(32-18)33(29,30)14-7-5-13(6-8-14)24(27)28/h5-11H,3-4H2,1-2H3,(H,20,23,26)(H,21,22,25). The molecule has 3 rings (SSSR count). The second-order valence-electron chi connectivity index (χ2n) is 6.78. The molecule has 0 saturated carbocycles. The number of aryl methyl sites for hydroxylation is 1. The lowest BCUT2D eigenvalue weighted by Gasteiger charge is -2.10. The number of nitrogens with one attached hydrogen (secondary N) is 2. The average Bonchev–Trinajstić information content (AvgIpc) is 3.23. The number of nitro groups is 1. The first-order valence-electron chi connectivity index (χ1n) is 9.63. The Labute approximate surface area is 196 Å². The normalized spacial score (nSPS) is 12.3. The maximum Gasteiger partial charge on any atom is 0.269 e. The first-order chi connectivity index (χ1) is 15.6. The van der Waals surface area contributed by atoms with E-state index in [4.69, 9.17) is 0 Å². The topological polar surface area (TPSA) is 165 Å². The molecule has 0 fully saturated rings. The number of aromatic amines is 1. The van der Waals surface area contributed by atoms with Gasteiger partial charge in [-0.15, -0.1) is 0 Å². The third-order valence-electron chi connectivity index (χ3n) is 4.27. The summed E-state index contributed by atoms with van der Waals surface area (Å²) in [6.07, 6.45) is 2.58. The van der Waals surface area contributed by atoms with Crippen LogP contribution in [0.3, 0.4) is 0 Å². The van der Waals surface area contributed by atoms with E-state index in [0.717, 1.165) is 60.0 Å². The zero-order valence-corrected chi connectivity index (χ0v) is 19.9. The number of H-pyrrole nitrogens is 1. The largest absolute Gasteiger partial charge is 0.301 e. The molecule has 0 saturated heterocycles. The molecule has 1 atom stereocenters. The maximum atomic E-state index is 12.7. The number of thiazole rings is 1. The van der Waals surface area contributed by atoms with E-state index in [0.29, 0.717) is 17.3 Å². The lowest BCUT2D eigenvalue weighted by Crippen LogP contribution is -2.23. The number of amides is 1. The van der Waals surface area contributed by atoms with Gasteiger partial charge >= 0.3 is 0 Å². The third kappa shape index (κ3) is 6.03. The number of non-ortho nitro benzene ring substituents is 1. The van der Waals surface area contributed by atoms with Crippen LogP contribution in [0.15, 0.2) is 55.6 Å². The van der Waals surface area contributed by atoms with Crippen LogP contribution < -0.4 is 10.9 Å². The number of hydrogen-bond donors (Lipinski definition) is 2. The summed E-state index contributed by atoms with van der Waals surface area (Å²) < 4.78 is 25.4. The van der Waals surface area contributed by atoms with Crippen LogP contribution in [0.2, 0.25) is 0 Å². The van der Waals surface area contributed by atoms with Crippen LogP contribution >= 0.6 is 23.1 Å². The Balaban J connectivity index is 1.70. The van der Waals surface area contributed by atoms with Crippen molar-refractivity contribution < 1.29 is 18.1 Å². The summed E-state index contributed by atoms with van der Waals surface area (Å²) in [5.74, 6) is -0.447. The minimum Gasteiger partial charge on any atom is -0.301 e. The number of aromatic nitrogens is 3. The fourth-order valence-electron chi connectivity index (χ4n) is 2.66. The zero-order chi connectivity index (χ0) is 24.2. The van der Waals surface area contributed by atoms with Crippen molar-refractivity contribution in [3.05, 3.63) is 62.7 Å². The summed E-state index contributed by atoms with van der Waals surface area (Å²) in [5.41, 5.74) is 0.107. The van der Waals surface area contributed by atoms with Gasteiger partial charge in [-0.25, -0.2) is 18.4 Å². The molecule has 1 amide bonds. The van der Waals surface area contributed by atoms with Crippen molar-refractivity contribution in [1.29, 1.82) is 0 Å². The molecule has 0 radical (unpaired) electrons. The van der Waals surface area contributed by atoms with E-state index in [9.17, 15) is 28.1 Å². The van der Waals surface area contributed by atoms with Gasteiger partial charge in [0.25, 0.3) is 11.2 Å². The molecule has 0 aliphatic rings. The van der Waals surface area contributed by atoms with Crippen LogP contribution in [-0.4, -0.2) is 39.5 Å². The van der Waals surface area contributed by atoms with Gasteiger partial charge in [0, 0.05) is 23.9 Å².